The van der Waals surface area contributed by atoms with E-state index in [9.17, 15) is 0 Å². The molecule has 0 amide bonds. The largest absolute Gasteiger partial charge is 0.494 e. The highest BCUT2D eigenvalue weighted by atomic mass is 16.5. The number of ether oxygens (including phenoxy) is 2. The summed E-state index contributed by atoms with van der Waals surface area (Å²) >= 11 is 0. The third-order valence-electron chi connectivity index (χ3n) is 4.83. The normalized spacial score (nSPS) is 27.0. The zero-order valence-electron chi connectivity index (χ0n) is 13.0. The van der Waals surface area contributed by atoms with Crippen molar-refractivity contribution in [2.24, 2.45) is 0 Å². The zero-order valence-corrected chi connectivity index (χ0v) is 13.0. The van der Waals surface area contributed by atoms with Gasteiger partial charge in [0.15, 0.2) is 0 Å². The predicted octanol–water partition coefficient (Wildman–Crippen LogP) is 3.90. The molecular weight excluding hydrogens is 274 g/mol. The van der Waals surface area contributed by atoms with Gasteiger partial charge >= 0.3 is 0 Å². The summed E-state index contributed by atoms with van der Waals surface area (Å²) in [7, 11) is 0. The quantitative estimate of drug-likeness (QED) is 0.928. The zero-order chi connectivity index (χ0) is 14.9. The molecule has 2 unspecified atom stereocenters. The summed E-state index contributed by atoms with van der Waals surface area (Å²) in [4.78, 5) is 0. The monoisotopic (exact) mass is 297 g/mol. The van der Waals surface area contributed by atoms with Crippen LogP contribution < -0.4 is 14.8 Å². The summed E-state index contributed by atoms with van der Waals surface area (Å²) in [6, 6.07) is 13.9. The van der Waals surface area contributed by atoms with Crippen LogP contribution in [0.2, 0.25) is 0 Å². The Morgan fingerprint density at radius 1 is 0.955 bits per heavy atom. The summed E-state index contributed by atoms with van der Waals surface area (Å²) in [6.45, 7) is 2.71. The molecule has 1 N–H and O–H groups in total. The molecular formula is C19H23NO2. The lowest BCUT2D eigenvalue weighted by Gasteiger charge is -2.29. The molecule has 3 nitrogen and oxygen atoms in total. The third-order valence-corrected chi connectivity index (χ3v) is 4.83. The van der Waals surface area contributed by atoms with Gasteiger partial charge in [0.1, 0.15) is 17.6 Å². The van der Waals surface area contributed by atoms with Gasteiger partial charge in [-0.15, -0.1) is 0 Å². The maximum atomic E-state index is 6.25. The van der Waals surface area contributed by atoms with Crippen molar-refractivity contribution < 1.29 is 9.47 Å². The van der Waals surface area contributed by atoms with E-state index in [4.69, 9.17) is 9.47 Å². The highest BCUT2D eigenvalue weighted by molar-refractivity contribution is 5.85. The first kappa shape index (κ1) is 13.9. The fraction of sp³-hybridized carbons (Fsp3) is 0.474. The number of piperidine rings is 1. The first-order valence-corrected chi connectivity index (χ1v) is 8.39. The molecule has 116 valence electrons. The van der Waals surface area contributed by atoms with Crippen LogP contribution in [0.4, 0.5) is 0 Å². The lowest BCUT2D eigenvalue weighted by atomic mass is 10.0. The lowest BCUT2D eigenvalue weighted by molar-refractivity contribution is 0.137. The minimum Gasteiger partial charge on any atom is -0.494 e. The Hall–Kier alpha value is -1.74. The average Bonchev–Trinajstić information content (AvgIpc) is 2.86. The average molecular weight is 297 g/mol. The Morgan fingerprint density at radius 3 is 2.27 bits per heavy atom. The highest BCUT2D eigenvalue weighted by Gasteiger charge is 2.34. The van der Waals surface area contributed by atoms with Gasteiger partial charge in [0.2, 0.25) is 0 Å². The molecule has 3 heteroatoms. The number of hydrogen-bond donors (Lipinski definition) is 1. The summed E-state index contributed by atoms with van der Waals surface area (Å²) in [5.41, 5.74) is 0. The van der Waals surface area contributed by atoms with Crippen LogP contribution in [0.25, 0.3) is 10.8 Å². The molecule has 2 aliphatic rings. The van der Waals surface area contributed by atoms with Gasteiger partial charge in [-0.2, -0.15) is 0 Å². The molecule has 0 radical (unpaired) electrons. The van der Waals surface area contributed by atoms with E-state index < -0.39 is 0 Å². The molecule has 2 aromatic rings. The van der Waals surface area contributed by atoms with E-state index in [1.807, 2.05) is 13.0 Å². The van der Waals surface area contributed by atoms with Gasteiger partial charge in [-0.3, -0.25) is 0 Å². The second-order valence-corrected chi connectivity index (χ2v) is 6.45. The van der Waals surface area contributed by atoms with Crippen LogP contribution in [0.5, 0.6) is 11.5 Å². The van der Waals surface area contributed by atoms with E-state index in [1.54, 1.807) is 0 Å². The summed E-state index contributed by atoms with van der Waals surface area (Å²) < 4.78 is 11.8. The maximum absolute atomic E-state index is 6.25. The molecule has 2 bridgehead atoms. The van der Waals surface area contributed by atoms with E-state index in [1.165, 1.54) is 23.6 Å². The first-order valence-electron chi connectivity index (χ1n) is 8.39. The Morgan fingerprint density at radius 2 is 1.59 bits per heavy atom. The summed E-state index contributed by atoms with van der Waals surface area (Å²) in [5.74, 6) is 1.92. The van der Waals surface area contributed by atoms with Gasteiger partial charge in [-0.25, -0.2) is 0 Å². The lowest BCUT2D eigenvalue weighted by Crippen LogP contribution is -2.42. The van der Waals surface area contributed by atoms with Crippen molar-refractivity contribution in [2.45, 2.75) is 50.8 Å². The Bertz CT molecular complexity index is 658. The van der Waals surface area contributed by atoms with Crippen LogP contribution in [-0.2, 0) is 0 Å². The highest BCUT2D eigenvalue weighted by Crippen LogP contribution is 2.31. The molecule has 2 aliphatic heterocycles. The van der Waals surface area contributed by atoms with Crippen molar-refractivity contribution in [3.05, 3.63) is 36.4 Å². The number of rotatable bonds is 4. The number of fused-ring (bicyclic) bond motifs is 3. The van der Waals surface area contributed by atoms with Crippen molar-refractivity contribution in [2.75, 3.05) is 6.61 Å². The smallest absolute Gasteiger partial charge is 0.120 e. The number of nitrogens with one attached hydrogen (secondary N) is 1. The third kappa shape index (κ3) is 2.78. The predicted molar refractivity (Wildman–Crippen MR) is 88.7 cm³/mol. The van der Waals surface area contributed by atoms with Crippen LogP contribution in [0.15, 0.2) is 36.4 Å². The Labute approximate surface area is 131 Å². The molecule has 2 aromatic carbocycles. The molecule has 0 aliphatic carbocycles. The molecule has 2 atom stereocenters. The van der Waals surface area contributed by atoms with Gasteiger partial charge in [-0.1, -0.05) is 12.1 Å². The fourth-order valence-corrected chi connectivity index (χ4v) is 3.83. The van der Waals surface area contributed by atoms with Crippen LogP contribution >= 0.6 is 0 Å². The van der Waals surface area contributed by atoms with Crippen LogP contribution in [0.1, 0.15) is 32.6 Å². The van der Waals surface area contributed by atoms with Gasteiger partial charge in [-0.05, 0) is 67.6 Å². The van der Waals surface area contributed by atoms with Crippen molar-refractivity contribution in [3.8, 4) is 11.5 Å². The second kappa shape index (κ2) is 5.81. The first-order chi connectivity index (χ1) is 10.8. The van der Waals surface area contributed by atoms with Crippen molar-refractivity contribution in [3.63, 3.8) is 0 Å². The number of hydrogen-bond acceptors (Lipinski definition) is 3. The van der Waals surface area contributed by atoms with E-state index in [-0.39, 0.29) is 0 Å². The van der Waals surface area contributed by atoms with Gasteiger partial charge in [0, 0.05) is 12.1 Å². The fourth-order valence-electron chi connectivity index (χ4n) is 3.83. The van der Waals surface area contributed by atoms with E-state index >= 15 is 0 Å². The summed E-state index contributed by atoms with van der Waals surface area (Å²) in [6.07, 6.45) is 5.25. The van der Waals surface area contributed by atoms with Crippen LogP contribution in [0.3, 0.4) is 0 Å². The Balaban J connectivity index is 1.51. The van der Waals surface area contributed by atoms with Gasteiger partial charge < -0.3 is 14.8 Å². The van der Waals surface area contributed by atoms with Crippen LogP contribution in [-0.4, -0.2) is 24.8 Å². The minimum atomic E-state index is 0.360. The molecule has 2 fully saturated rings. The summed E-state index contributed by atoms with van der Waals surface area (Å²) in [5, 5.41) is 6.06. The molecule has 0 spiro atoms. The topological polar surface area (TPSA) is 30.5 Å². The standard InChI is InChI=1S/C19H23NO2/c1-2-21-17-7-3-14-10-18(8-4-13(14)9-17)22-19-11-15-5-6-16(12-19)20-15/h3-4,7-10,15-16,19-20H,2,5-6,11-12H2,1H3. The maximum Gasteiger partial charge on any atom is 0.120 e. The van der Waals surface area contributed by atoms with E-state index in [2.05, 4.69) is 35.6 Å². The number of benzene rings is 2. The van der Waals surface area contributed by atoms with E-state index in [0.29, 0.717) is 24.8 Å². The second-order valence-electron chi connectivity index (χ2n) is 6.45. The minimum absolute atomic E-state index is 0.360. The van der Waals surface area contributed by atoms with Crippen molar-refractivity contribution in [1.82, 2.24) is 5.32 Å². The molecule has 22 heavy (non-hydrogen) atoms. The molecule has 0 aromatic heterocycles. The SMILES string of the molecule is CCOc1ccc2cc(OC3CC4CCC(C3)N4)ccc2c1. The van der Waals surface area contributed by atoms with Crippen LogP contribution in [0, 0.1) is 0 Å². The van der Waals surface area contributed by atoms with Crippen molar-refractivity contribution in [1.29, 1.82) is 0 Å². The van der Waals surface area contributed by atoms with Gasteiger partial charge in [0.25, 0.3) is 0 Å². The Kier molecular flexibility index (Phi) is 3.67. The molecule has 0 saturated carbocycles. The van der Waals surface area contributed by atoms with E-state index in [0.717, 1.165) is 24.3 Å². The molecule has 2 heterocycles. The van der Waals surface area contributed by atoms with Gasteiger partial charge in [0.05, 0.1) is 6.61 Å². The molecule has 4 rings (SSSR count). The van der Waals surface area contributed by atoms with Crippen molar-refractivity contribution >= 4 is 10.8 Å². The molecule has 2 saturated heterocycles.